The summed E-state index contributed by atoms with van der Waals surface area (Å²) in [5.41, 5.74) is 11.9. The van der Waals surface area contributed by atoms with Gasteiger partial charge in [0.1, 0.15) is 5.82 Å². The van der Waals surface area contributed by atoms with E-state index in [2.05, 4.69) is 9.88 Å². The fourth-order valence-electron chi connectivity index (χ4n) is 1.93. The van der Waals surface area contributed by atoms with Gasteiger partial charge in [0.15, 0.2) is 0 Å². The highest BCUT2D eigenvalue weighted by molar-refractivity contribution is 5.78. The normalized spacial score (nSPS) is 16.1. The van der Waals surface area contributed by atoms with Crippen molar-refractivity contribution in [3.63, 3.8) is 0 Å². The van der Waals surface area contributed by atoms with Gasteiger partial charge >= 0.3 is 0 Å². The average Bonchev–Trinajstić information content (AvgIpc) is 2.39. The Morgan fingerprint density at radius 1 is 1.29 bits per heavy atom. The van der Waals surface area contributed by atoms with Crippen LogP contribution in [0.3, 0.4) is 0 Å². The first kappa shape index (κ1) is 11.7. The quantitative estimate of drug-likeness (QED) is 0.705. The molecule has 4 N–H and O–H groups in total. The molecule has 0 bridgehead atoms. The Bertz CT molecular complexity index is 383. The number of carbonyl (C=O) groups excluding carboxylic acids is 1. The Hall–Kier alpha value is -1.82. The largest absolute Gasteiger partial charge is 0.384 e. The molecule has 0 radical (unpaired) electrons. The van der Waals surface area contributed by atoms with E-state index in [9.17, 15) is 4.79 Å². The number of nitrogens with zero attached hydrogens (tertiary/aromatic N) is 3. The number of nitrogen functional groups attached to an aromatic ring is 1. The first-order valence-electron chi connectivity index (χ1n) is 5.65. The highest BCUT2D eigenvalue weighted by atomic mass is 16.2. The van der Waals surface area contributed by atoms with Gasteiger partial charge in [0, 0.05) is 26.2 Å². The van der Waals surface area contributed by atoms with E-state index >= 15 is 0 Å². The third-order valence-corrected chi connectivity index (χ3v) is 2.94. The third kappa shape index (κ3) is 2.65. The zero-order valence-corrected chi connectivity index (χ0v) is 9.67. The first-order chi connectivity index (χ1) is 8.20. The molecule has 2 heterocycles. The number of hydrogen-bond donors (Lipinski definition) is 2. The van der Waals surface area contributed by atoms with E-state index in [1.165, 1.54) is 0 Å². The van der Waals surface area contributed by atoms with Gasteiger partial charge in [-0.2, -0.15) is 0 Å². The van der Waals surface area contributed by atoms with E-state index < -0.39 is 0 Å². The van der Waals surface area contributed by atoms with Gasteiger partial charge in [-0.25, -0.2) is 4.98 Å². The lowest BCUT2D eigenvalue weighted by molar-refractivity contribution is -0.129. The van der Waals surface area contributed by atoms with E-state index in [-0.39, 0.29) is 12.5 Å². The summed E-state index contributed by atoms with van der Waals surface area (Å²) in [7, 11) is 0. The molecule has 1 fully saturated rings. The molecule has 17 heavy (non-hydrogen) atoms. The molecule has 1 aromatic rings. The van der Waals surface area contributed by atoms with Gasteiger partial charge in [0.2, 0.25) is 5.91 Å². The van der Waals surface area contributed by atoms with Crippen LogP contribution in [0.4, 0.5) is 11.5 Å². The Labute approximate surface area is 100 Å². The van der Waals surface area contributed by atoms with Gasteiger partial charge in [0.05, 0.1) is 18.4 Å². The number of amides is 1. The van der Waals surface area contributed by atoms with Crippen LogP contribution in [0.25, 0.3) is 0 Å². The predicted octanol–water partition coefficient (Wildman–Crippen LogP) is -0.729. The SMILES string of the molecule is NCC(=O)N1CCN(c2ccc(N)nc2)CC1. The van der Waals surface area contributed by atoms with Crippen LogP contribution in [0, 0.1) is 0 Å². The molecule has 1 aliphatic rings. The summed E-state index contributed by atoms with van der Waals surface area (Å²) in [6.45, 7) is 3.11. The van der Waals surface area contributed by atoms with Gasteiger partial charge in [-0.05, 0) is 12.1 Å². The minimum atomic E-state index is 0.0140. The molecular formula is C11H17N5O. The fraction of sp³-hybridized carbons (Fsp3) is 0.455. The van der Waals surface area contributed by atoms with Crippen molar-refractivity contribution >= 4 is 17.4 Å². The maximum absolute atomic E-state index is 11.4. The van der Waals surface area contributed by atoms with Crippen LogP contribution < -0.4 is 16.4 Å². The predicted molar refractivity (Wildman–Crippen MR) is 66.5 cm³/mol. The summed E-state index contributed by atoms with van der Waals surface area (Å²) in [6, 6.07) is 3.73. The summed E-state index contributed by atoms with van der Waals surface area (Å²) < 4.78 is 0. The first-order valence-corrected chi connectivity index (χ1v) is 5.65. The van der Waals surface area contributed by atoms with E-state index in [1.54, 1.807) is 17.2 Å². The highest BCUT2D eigenvalue weighted by Crippen LogP contribution is 2.15. The van der Waals surface area contributed by atoms with Crippen molar-refractivity contribution in [1.29, 1.82) is 0 Å². The number of hydrogen-bond acceptors (Lipinski definition) is 5. The molecule has 0 aromatic carbocycles. The molecule has 6 heteroatoms. The lowest BCUT2D eigenvalue weighted by Crippen LogP contribution is -2.50. The van der Waals surface area contributed by atoms with Crippen LogP contribution in [0.5, 0.6) is 0 Å². The topological polar surface area (TPSA) is 88.5 Å². The van der Waals surface area contributed by atoms with Crippen molar-refractivity contribution in [3.05, 3.63) is 18.3 Å². The molecule has 92 valence electrons. The van der Waals surface area contributed by atoms with E-state index in [4.69, 9.17) is 11.5 Å². The van der Waals surface area contributed by atoms with Gasteiger partial charge in [-0.1, -0.05) is 0 Å². The Morgan fingerprint density at radius 2 is 2.00 bits per heavy atom. The monoisotopic (exact) mass is 235 g/mol. The van der Waals surface area contributed by atoms with Crippen LogP contribution in [-0.4, -0.2) is 48.5 Å². The number of aromatic nitrogens is 1. The van der Waals surface area contributed by atoms with E-state index in [0.717, 1.165) is 18.8 Å². The fourth-order valence-corrected chi connectivity index (χ4v) is 1.93. The molecular weight excluding hydrogens is 218 g/mol. The van der Waals surface area contributed by atoms with Crippen molar-refractivity contribution in [3.8, 4) is 0 Å². The third-order valence-electron chi connectivity index (χ3n) is 2.94. The second-order valence-electron chi connectivity index (χ2n) is 4.01. The summed E-state index contributed by atoms with van der Waals surface area (Å²) in [4.78, 5) is 19.4. The molecule has 0 atom stereocenters. The lowest BCUT2D eigenvalue weighted by atomic mass is 10.2. The maximum Gasteiger partial charge on any atom is 0.236 e. The summed E-state index contributed by atoms with van der Waals surface area (Å²) in [5.74, 6) is 0.533. The minimum absolute atomic E-state index is 0.0140. The number of rotatable bonds is 2. The van der Waals surface area contributed by atoms with Crippen molar-refractivity contribution in [2.45, 2.75) is 0 Å². The van der Waals surface area contributed by atoms with Gasteiger partial charge in [-0.3, -0.25) is 4.79 Å². The van der Waals surface area contributed by atoms with E-state index in [0.29, 0.717) is 18.9 Å². The number of piperazine rings is 1. The number of nitrogens with two attached hydrogens (primary N) is 2. The van der Waals surface area contributed by atoms with Crippen molar-refractivity contribution in [1.82, 2.24) is 9.88 Å². The van der Waals surface area contributed by atoms with Crippen molar-refractivity contribution in [2.24, 2.45) is 5.73 Å². The Kier molecular flexibility index (Phi) is 3.43. The van der Waals surface area contributed by atoms with Gasteiger partial charge < -0.3 is 21.3 Å². The molecule has 1 aromatic heterocycles. The van der Waals surface area contributed by atoms with Crippen LogP contribution in [0.2, 0.25) is 0 Å². The number of pyridine rings is 1. The molecule has 6 nitrogen and oxygen atoms in total. The van der Waals surface area contributed by atoms with Crippen molar-refractivity contribution < 1.29 is 4.79 Å². The highest BCUT2D eigenvalue weighted by Gasteiger charge is 2.20. The maximum atomic E-state index is 11.4. The smallest absolute Gasteiger partial charge is 0.236 e. The minimum Gasteiger partial charge on any atom is -0.384 e. The van der Waals surface area contributed by atoms with Crippen LogP contribution >= 0.6 is 0 Å². The molecule has 1 saturated heterocycles. The van der Waals surface area contributed by atoms with Crippen LogP contribution in [0.15, 0.2) is 18.3 Å². The second-order valence-corrected chi connectivity index (χ2v) is 4.01. The Morgan fingerprint density at radius 3 is 2.53 bits per heavy atom. The van der Waals surface area contributed by atoms with Crippen molar-refractivity contribution in [2.75, 3.05) is 43.4 Å². The van der Waals surface area contributed by atoms with E-state index in [1.807, 2.05) is 6.07 Å². The number of anilines is 2. The second kappa shape index (κ2) is 5.01. The lowest BCUT2D eigenvalue weighted by Gasteiger charge is -2.35. The molecule has 0 unspecified atom stereocenters. The van der Waals surface area contributed by atoms with Crippen LogP contribution in [0.1, 0.15) is 0 Å². The Balaban J connectivity index is 1.95. The van der Waals surface area contributed by atoms with Gasteiger partial charge in [-0.15, -0.1) is 0 Å². The van der Waals surface area contributed by atoms with Gasteiger partial charge in [0.25, 0.3) is 0 Å². The zero-order valence-electron chi connectivity index (χ0n) is 9.67. The molecule has 0 spiro atoms. The standard InChI is InChI=1S/C11H17N5O/c12-7-11(17)16-5-3-15(4-6-16)9-1-2-10(13)14-8-9/h1-2,8H,3-7,12H2,(H2,13,14). The summed E-state index contributed by atoms with van der Waals surface area (Å²) in [5, 5.41) is 0. The summed E-state index contributed by atoms with van der Waals surface area (Å²) in [6.07, 6.45) is 1.76. The molecule has 0 saturated carbocycles. The average molecular weight is 235 g/mol. The molecule has 0 aliphatic carbocycles. The molecule has 1 amide bonds. The van der Waals surface area contributed by atoms with Crippen LogP contribution in [-0.2, 0) is 4.79 Å². The number of carbonyl (C=O) groups is 1. The summed E-state index contributed by atoms with van der Waals surface area (Å²) >= 11 is 0. The molecule has 1 aliphatic heterocycles. The zero-order chi connectivity index (χ0) is 12.3. The molecule has 2 rings (SSSR count).